The average molecular weight is 266 g/mol. The van der Waals surface area contributed by atoms with Crippen LogP contribution in [0.4, 0.5) is 0 Å². The van der Waals surface area contributed by atoms with Gasteiger partial charge in [-0.05, 0) is 12.8 Å². The maximum atomic E-state index is 11.9. The number of nitrogens with zero attached hydrogens (tertiary/aromatic N) is 1. The minimum Gasteiger partial charge on any atom is -0.312 e. The van der Waals surface area contributed by atoms with Crippen LogP contribution in [-0.2, 0) is 9.59 Å². The molecule has 2 unspecified atom stereocenters. The molecule has 2 aliphatic rings. The van der Waals surface area contributed by atoms with Gasteiger partial charge in [0.15, 0.2) is 0 Å². The van der Waals surface area contributed by atoms with Crippen LogP contribution in [0.1, 0.15) is 52.4 Å². The Morgan fingerprint density at radius 1 is 1.00 bits per heavy atom. The first-order valence-electron chi connectivity index (χ1n) is 7.70. The molecule has 4 nitrogen and oxygen atoms in total. The zero-order valence-electron chi connectivity index (χ0n) is 12.2. The second-order valence-electron chi connectivity index (χ2n) is 6.05. The van der Waals surface area contributed by atoms with Crippen molar-refractivity contribution in [3.05, 3.63) is 0 Å². The van der Waals surface area contributed by atoms with Crippen molar-refractivity contribution < 1.29 is 9.59 Å². The van der Waals surface area contributed by atoms with Crippen LogP contribution < -0.4 is 5.32 Å². The lowest BCUT2D eigenvalue weighted by molar-refractivity contribution is -0.139. The smallest absolute Gasteiger partial charge is 0.232 e. The zero-order chi connectivity index (χ0) is 13.8. The highest BCUT2D eigenvalue weighted by Gasteiger charge is 2.41. The van der Waals surface area contributed by atoms with Gasteiger partial charge in [0.2, 0.25) is 11.8 Å². The van der Waals surface area contributed by atoms with Gasteiger partial charge in [-0.1, -0.05) is 39.5 Å². The summed E-state index contributed by atoms with van der Waals surface area (Å²) >= 11 is 0. The summed E-state index contributed by atoms with van der Waals surface area (Å²) in [6.07, 6.45) is 7.75. The second-order valence-corrected chi connectivity index (χ2v) is 6.05. The summed E-state index contributed by atoms with van der Waals surface area (Å²) in [6, 6.07) is 0.574. The first kappa shape index (κ1) is 14.5. The summed E-state index contributed by atoms with van der Waals surface area (Å²) in [5.41, 5.74) is 0. The normalized spacial score (nSPS) is 29.9. The fourth-order valence-corrected chi connectivity index (χ4v) is 3.11. The molecule has 0 aromatic heterocycles. The van der Waals surface area contributed by atoms with Gasteiger partial charge < -0.3 is 5.32 Å². The van der Waals surface area contributed by atoms with E-state index in [1.807, 2.05) is 13.8 Å². The van der Waals surface area contributed by atoms with Crippen molar-refractivity contribution in [2.24, 2.45) is 11.8 Å². The summed E-state index contributed by atoms with van der Waals surface area (Å²) in [5.74, 6) is -0.295. The Bertz CT molecular complexity index is 315. The molecular formula is C15H26N2O2. The molecule has 4 heteroatoms. The van der Waals surface area contributed by atoms with E-state index in [9.17, 15) is 9.59 Å². The molecule has 1 heterocycles. The molecule has 0 aromatic rings. The molecule has 1 aliphatic heterocycles. The molecular weight excluding hydrogens is 240 g/mol. The molecule has 2 fully saturated rings. The van der Waals surface area contributed by atoms with Gasteiger partial charge in [-0.2, -0.15) is 0 Å². The fraction of sp³-hybridized carbons (Fsp3) is 0.867. The molecule has 0 spiro atoms. The molecule has 0 radical (unpaired) electrons. The van der Waals surface area contributed by atoms with E-state index in [2.05, 4.69) is 5.32 Å². The molecule has 2 atom stereocenters. The van der Waals surface area contributed by atoms with Gasteiger partial charge >= 0.3 is 0 Å². The molecule has 2 rings (SSSR count). The van der Waals surface area contributed by atoms with Gasteiger partial charge in [-0.15, -0.1) is 0 Å². The van der Waals surface area contributed by atoms with E-state index in [0.717, 1.165) is 6.54 Å². The van der Waals surface area contributed by atoms with Crippen LogP contribution in [-0.4, -0.2) is 35.8 Å². The van der Waals surface area contributed by atoms with Crippen molar-refractivity contribution in [1.29, 1.82) is 0 Å². The van der Waals surface area contributed by atoms with E-state index in [1.54, 1.807) is 0 Å². The monoisotopic (exact) mass is 266 g/mol. The van der Waals surface area contributed by atoms with E-state index >= 15 is 0 Å². The Morgan fingerprint density at radius 3 is 2.05 bits per heavy atom. The Balaban J connectivity index is 1.76. The number of imide groups is 1. The molecule has 2 amide bonds. The molecule has 1 N–H and O–H groups in total. The molecule has 108 valence electrons. The standard InChI is InChI=1S/C15H26N2O2/c1-11-12(2)15(19)17(14(11)18)10-9-16-13-7-5-3-4-6-8-13/h11-13,16H,3-10H2,1-2H3. The topological polar surface area (TPSA) is 49.4 Å². The Labute approximate surface area is 115 Å². The van der Waals surface area contributed by atoms with Crippen molar-refractivity contribution in [1.82, 2.24) is 10.2 Å². The van der Waals surface area contributed by atoms with Gasteiger partial charge in [0.1, 0.15) is 0 Å². The Hall–Kier alpha value is -0.900. The third kappa shape index (κ3) is 3.35. The third-order valence-electron chi connectivity index (χ3n) is 4.68. The summed E-state index contributed by atoms with van der Waals surface area (Å²) in [4.78, 5) is 25.3. The van der Waals surface area contributed by atoms with Gasteiger partial charge in [0.05, 0.1) is 0 Å². The van der Waals surface area contributed by atoms with Crippen molar-refractivity contribution in [2.45, 2.75) is 58.4 Å². The van der Waals surface area contributed by atoms with Crippen LogP contribution in [0, 0.1) is 11.8 Å². The van der Waals surface area contributed by atoms with Crippen LogP contribution in [0.15, 0.2) is 0 Å². The van der Waals surface area contributed by atoms with E-state index in [-0.39, 0.29) is 23.7 Å². The number of hydrogen-bond donors (Lipinski definition) is 1. The van der Waals surface area contributed by atoms with Gasteiger partial charge in [0.25, 0.3) is 0 Å². The minimum atomic E-state index is -0.148. The highest BCUT2D eigenvalue weighted by molar-refractivity contribution is 6.04. The summed E-state index contributed by atoms with van der Waals surface area (Å²) in [5, 5.41) is 3.51. The predicted molar refractivity (Wildman–Crippen MR) is 74.5 cm³/mol. The van der Waals surface area contributed by atoms with Gasteiger partial charge in [-0.25, -0.2) is 0 Å². The number of amides is 2. The maximum absolute atomic E-state index is 11.9. The summed E-state index contributed by atoms with van der Waals surface area (Å²) in [6.45, 7) is 4.97. The Kier molecular flexibility index (Phi) is 4.97. The van der Waals surface area contributed by atoms with Gasteiger partial charge in [0, 0.05) is 31.0 Å². The molecule has 19 heavy (non-hydrogen) atoms. The lowest BCUT2D eigenvalue weighted by Gasteiger charge is -2.19. The first-order chi connectivity index (χ1) is 9.11. The molecule has 1 aliphatic carbocycles. The molecule has 1 saturated heterocycles. The Morgan fingerprint density at radius 2 is 1.53 bits per heavy atom. The van der Waals surface area contributed by atoms with Crippen LogP contribution in [0.3, 0.4) is 0 Å². The summed E-state index contributed by atoms with van der Waals surface area (Å²) < 4.78 is 0. The zero-order valence-corrected chi connectivity index (χ0v) is 12.2. The summed E-state index contributed by atoms with van der Waals surface area (Å²) in [7, 11) is 0. The highest BCUT2D eigenvalue weighted by Crippen LogP contribution is 2.24. The number of carbonyl (C=O) groups is 2. The van der Waals surface area contributed by atoms with Crippen molar-refractivity contribution in [3.63, 3.8) is 0 Å². The molecule has 0 aromatic carbocycles. The minimum absolute atomic E-state index is 0.000154. The van der Waals surface area contributed by atoms with E-state index in [4.69, 9.17) is 0 Å². The predicted octanol–water partition coefficient (Wildman–Crippen LogP) is 1.94. The van der Waals surface area contributed by atoms with E-state index in [0.29, 0.717) is 12.6 Å². The van der Waals surface area contributed by atoms with Gasteiger partial charge in [-0.3, -0.25) is 14.5 Å². The number of carbonyl (C=O) groups excluding carboxylic acids is 2. The lowest BCUT2D eigenvalue weighted by atomic mass is 10.00. The second kappa shape index (κ2) is 6.51. The maximum Gasteiger partial charge on any atom is 0.232 e. The van der Waals surface area contributed by atoms with Crippen molar-refractivity contribution in [2.75, 3.05) is 13.1 Å². The quantitative estimate of drug-likeness (QED) is 0.625. The number of rotatable bonds is 4. The van der Waals surface area contributed by atoms with Crippen LogP contribution in [0.5, 0.6) is 0 Å². The van der Waals surface area contributed by atoms with E-state index < -0.39 is 0 Å². The van der Waals surface area contributed by atoms with Crippen molar-refractivity contribution >= 4 is 11.8 Å². The fourth-order valence-electron chi connectivity index (χ4n) is 3.11. The average Bonchev–Trinajstić information content (AvgIpc) is 2.64. The van der Waals surface area contributed by atoms with Crippen LogP contribution >= 0.6 is 0 Å². The highest BCUT2D eigenvalue weighted by atomic mass is 16.2. The lowest BCUT2D eigenvalue weighted by Crippen LogP contribution is -2.40. The van der Waals surface area contributed by atoms with E-state index in [1.165, 1.54) is 43.4 Å². The SMILES string of the molecule is CC1C(=O)N(CCNC2CCCCCC2)C(=O)C1C. The first-order valence-corrected chi connectivity index (χ1v) is 7.70. The third-order valence-corrected chi connectivity index (χ3v) is 4.68. The number of hydrogen-bond acceptors (Lipinski definition) is 3. The number of likely N-dealkylation sites (tertiary alicyclic amines) is 1. The van der Waals surface area contributed by atoms with Crippen molar-refractivity contribution in [3.8, 4) is 0 Å². The largest absolute Gasteiger partial charge is 0.312 e. The van der Waals surface area contributed by atoms with Crippen LogP contribution in [0.2, 0.25) is 0 Å². The number of nitrogens with one attached hydrogen (secondary N) is 1. The molecule has 1 saturated carbocycles. The van der Waals surface area contributed by atoms with Crippen LogP contribution in [0.25, 0.3) is 0 Å². The molecule has 0 bridgehead atoms.